The maximum Gasteiger partial charge on any atom is 0.148 e. The van der Waals surface area contributed by atoms with Gasteiger partial charge in [0, 0.05) is 11.6 Å². The predicted octanol–water partition coefficient (Wildman–Crippen LogP) is 1.81. The largest absolute Gasteiger partial charge is 0.508 e. The van der Waals surface area contributed by atoms with Crippen molar-refractivity contribution in [2.75, 3.05) is 0 Å². The van der Waals surface area contributed by atoms with Gasteiger partial charge in [-0.15, -0.1) is 0 Å². The van der Waals surface area contributed by atoms with Crippen LogP contribution in [0.25, 0.3) is 10.8 Å². The van der Waals surface area contributed by atoms with E-state index in [0.717, 1.165) is 10.8 Å². The number of aromatic hydroxyl groups is 1. The summed E-state index contributed by atoms with van der Waals surface area (Å²) in [6, 6.07) is 8.60. The van der Waals surface area contributed by atoms with Gasteiger partial charge in [-0.1, -0.05) is 0 Å². The average molecular weight is 170 g/mol. The van der Waals surface area contributed by atoms with Crippen LogP contribution in [0.4, 0.5) is 0 Å². The highest BCUT2D eigenvalue weighted by Crippen LogP contribution is 2.20. The molecule has 1 aromatic heterocycles. The Kier molecular flexibility index (Phi) is 1.60. The molecule has 3 nitrogen and oxygen atoms in total. The van der Waals surface area contributed by atoms with E-state index in [2.05, 4.69) is 4.98 Å². The minimum atomic E-state index is 0.197. The smallest absolute Gasteiger partial charge is 0.148 e. The third-order valence-electron chi connectivity index (χ3n) is 1.85. The van der Waals surface area contributed by atoms with Crippen LogP contribution >= 0.6 is 0 Å². The average Bonchev–Trinajstić information content (AvgIpc) is 2.16. The number of aromatic nitrogens is 1. The van der Waals surface area contributed by atoms with Crippen LogP contribution in [0.2, 0.25) is 0 Å². The Morgan fingerprint density at radius 2 is 2.15 bits per heavy atom. The van der Waals surface area contributed by atoms with E-state index in [-0.39, 0.29) is 5.75 Å². The first-order valence-corrected chi connectivity index (χ1v) is 3.79. The van der Waals surface area contributed by atoms with Crippen molar-refractivity contribution in [3.8, 4) is 11.8 Å². The third kappa shape index (κ3) is 1.18. The first-order valence-electron chi connectivity index (χ1n) is 3.79. The van der Waals surface area contributed by atoms with Crippen molar-refractivity contribution in [2.45, 2.75) is 0 Å². The van der Waals surface area contributed by atoms with Crippen molar-refractivity contribution in [1.29, 1.82) is 5.26 Å². The van der Waals surface area contributed by atoms with E-state index in [0.29, 0.717) is 5.69 Å². The summed E-state index contributed by atoms with van der Waals surface area (Å²) in [5.41, 5.74) is 0.387. The number of fused-ring (bicyclic) bond motifs is 1. The molecule has 0 bridgehead atoms. The second kappa shape index (κ2) is 2.76. The van der Waals surface area contributed by atoms with E-state index < -0.39 is 0 Å². The standard InChI is InChI=1S/C10H6N2O/c11-6-10-9-2-1-8(13)5-7(9)3-4-12-10/h1-5,13H. The molecule has 0 saturated heterocycles. The number of phenolic OH excluding ortho intramolecular Hbond substituents is 1. The Morgan fingerprint density at radius 1 is 1.31 bits per heavy atom. The van der Waals surface area contributed by atoms with E-state index in [4.69, 9.17) is 5.26 Å². The van der Waals surface area contributed by atoms with Crippen molar-refractivity contribution in [3.63, 3.8) is 0 Å². The second-order valence-electron chi connectivity index (χ2n) is 2.68. The van der Waals surface area contributed by atoms with Gasteiger partial charge < -0.3 is 5.11 Å². The molecule has 1 aromatic carbocycles. The Bertz CT molecular complexity index is 500. The van der Waals surface area contributed by atoms with Crippen molar-refractivity contribution < 1.29 is 5.11 Å². The number of pyridine rings is 1. The van der Waals surface area contributed by atoms with Crippen LogP contribution < -0.4 is 0 Å². The summed E-state index contributed by atoms with van der Waals surface area (Å²) in [6.07, 6.45) is 1.56. The summed E-state index contributed by atoms with van der Waals surface area (Å²) in [5, 5.41) is 19.5. The molecule has 0 fully saturated rings. The van der Waals surface area contributed by atoms with Gasteiger partial charge in [0.05, 0.1) is 0 Å². The highest BCUT2D eigenvalue weighted by molar-refractivity contribution is 5.87. The highest BCUT2D eigenvalue weighted by Gasteiger charge is 2.00. The van der Waals surface area contributed by atoms with Gasteiger partial charge in [0.1, 0.15) is 17.5 Å². The topological polar surface area (TPSA) is 56.9 Å². The second-order valence-corrected chi connectivity index (χ2v) is 2.68. The van der Waals surface area contributed by atoms with Gasteiger partial charge in [-0.2, -0.15) is 5.26 Å². The lowest BCUT2D eigenvalue weighted by Gasteiger charge is -1.98. The molecule has 0 aliphatic carbocycles. The SMILES string of the molecule is N#Cc1nccc2cc(O)ccc12. The molecule has 0 radical (unpaired) electrons. The third-order valence-corrected chi connectivity index (χ3v) is 1.85. The molecule has 0 atom stereocenters. The summed E-state index contributed by atoms with van der Waals surface area (Å²) in [5.74, 6) is 0.197. The summed E-state index contributed by atoms with van der Waals surface area (Å²) in [7, 11) is 0. The lowest BCUT2D eigenvalue weighted by Crippen LogP contribution is -1.83. The minimum Gasteiger partial charge on any atom is -0.508 e. The van der Waals surface area contributed by atoms with Crippen LogP contribution in [0.5, 0.6) is 5.75 Å². The van der Waals surface area contributed by atoms with Crippen LogP contribution in [-0.4, -0.2) is 10.1 Å². The maximum absolute atomic E-state index is 9.19. The number of benzene rings is 1. The van der Waals surface area contributed by atoms with Gasteiger partial charge in [0.15, 0.2) is 0 Å². The van der Waals surface area contributed by atoms with Gasteiger partial charge in [0.2, 0.25) is 0 Å². The fraction of sp³-hybridized carbons (Fsp3) is 0. The summed E-state index contributed by atoms with van der Waals surface area (Å²) in [4.78, 5) is 3.91. The molecule has 0 spiro atoms. The molecule has 1 N–H and O–H groups in total. The number of hydrogen-bond acceptors (Lipinski definition) is 3. The highest BCUT2D eigenvalue weighted by atomic mass is 16.3. The van der Waals surface area contributed by atoms with E-state index in [1.807, 2.05) is 6.07 Å². The van der Waals surface area contributed by atoms with E-state index >= 15 is 0 Å². The molecule has 62 valence electrons. The zero-order valence-corrected chi connectivity index (χ0v) is 6.73. The van der Waals surface area contributed by atoms with Crippen LogP contribution in [0.15, 0.2) is 30.5 Å². The van der Waals surface area contributed by atoms with Crippen molar-refractivity contribution in [1.82, 2.24) is 4.98 Å². The van der Waals surface area contributed by atoms with Crippen molar-refractivity contribution in [3.05, 3.63) is 36.2 Å². The molecule has 13 heavy (non-hydrogen) atoms. The Hall–Kier alpha value is -2.08. The summed E-state index contributed by atoms with van der Waals surface area (Å²) >= 11 is 0. The van der Waals surface area contributed by atoms with E-state index in [1.165, 1.54) is 0 Å². The molecule has 2 aromatic rings. The Balaban J connectivity index is 2.87. The molecular weight excluding hydrogens is 164 g/mol. The zero-order valence-electron chi connectivity index (χ0n) is 6.73. The molecule has 0 unspecified atom stereocenters. The Morgan fingerprint density at radius 3 is 2.92 bits per heavy atom. The molecule has 0 saturated carbocycles. The normalized spacial score (nSPS) is 9.77. The lowest BCUT2D eigenvalue weighted by atomic mass is 10.1. The molecule has 0 aliphatic rings. The molecule has 3 heteroatoms. The fourth-order valence-electron chi connectivity index (χ4n) is 1.25. The predicted molar refractivity (Wildman–Crippen MR) is 48.1 cm³/mol. The maximum atomic E-state index is 9.19. The Labute approximate surface area is 74.9 Å². The van der Waals surface area contributed by atoms with Crippen LogP contribution in [0, 0.1) is 11.3 Å². The molecule has 0 amide bonds. The zero-order chi connectivity index (χ0) is 9.26. The number of nitrogens with zero attached hydrogens (tertiary/aromatic N) is 2. The summed E-state index contributed by atoms with van der Waals surface area (Å²) < 4.78 is 0. The molecule has 1 heterocycles. The van der Waals surface area contributed by atoms with Crippen LogP contribution in [0.3, 0.4) is 0 Å². The van der Waals surface area contributed by atoms with Gasteiger partial charge in [-0.3, -0.25) is 0 Å². The monoisotopic (exact) mass is 170 g/mol. The van der Waals surface area contributed by atoms with Gasteiger partial charge in [-0.05, 0) is 29.7 Å². The lowest BCUT2D eigenvalue weighted by molar-refractivity contribution is 0.476. The number of hydrogen-bond donors (Lipinski definition) is 1. The number of rotatable bonds is 0. The number of phenols is 1. The van der Waals surface area contributed by atoms with Crippen LogP contribution in [0.1, 0.15) is 5.69 Å². The van der Waals surface area contributed by atoms with Crippen molar-refractivity contribution >= 4 is 10.8 Å². The first kappa shape index (κ1) is 7.56. The van der Waals surface area contributed by atoms with Crippen LogP contribution in [-0.2, 0) is 0 Å². The quantitative estimate of drug-likeness (QED) is 0.656. The van der Waals surface area contributed by atoms with Crippen molar-refractivity contribution in [2.24, 2.45) is 0 Å². The van der Waals surface area contributed by atoms with Gasteiger partial charge in [0.25, 0.3) is 0 Å². The molecule has 2 rings (SSSR count). The fourth-order valence-corrected chi connectivity index (χ4v) is 1.25. The van der Waals surface area contributed by atoms with E-state index in [9.17, 15) is 5.11 Å². The van der Waals surface area contributed by atoms with Gasteiger partial charge >= 0.3 is 0 Å². The van der Waals surface area contributed by atoms with E-state index in [1.54, 1.807) is 30.5 Å². The first-order chi connectivity index (χ1) is 6.31. The molecule has 0 aliphatic heterocycles. The molecular formula is C10H6N2O. The number of nitriles is 1. The minimum absolute atomic E-state index is 0.197. The summed E-state index contributed by atoms with van der Waals surface area (Å²) in [6.45, 7) is 0. The van der Waals surface area contributed by atoms with Gasteiger partial charge in [-0.25, -0.2) is 4.98 Å².